The predicted octanol–water partition coefficient (Wildman–Crippen LogP) is 1.85. The van der Waals surface area contributed by atoms with Crippen LogP contribution in [0.1, 0.15) is 24.0 Å². The molecule has 21 heavy (non-hydrogen) atoms. The maximum absolute atomic E-state index is 12.7. The number of rotatable bonds is 4. The first-order valence-corrected chi connectivity index (χ1v) is 8.23. The summed E-state index contributed by atoms with van der Waals surface area (Å²) in [5, 5.41) is 0. The van der Waals surface area contributed by atoms with E-state index in [9.17, 15) is 8.42 Å². The van der Waals surface area contributed by atoms with Crippen molar-refractivity contribution in [2.45, 2.75) is 37.6 Å². The molecule has 0 bridgehead atoms. The van der Waals surface area contributed by atoms with Crippen LogP contribution in [0.2, 0.25) is 0 Å². The maximum Gasteiger partial charge on any atom is 0.243 e. The average Bonchev–Trinajstić information content (AvgIpc) is 2.87. The summed E-state index contributed by atoms with van der Waals surface area (Å²) in [6.07, 6.45) is 1.71. The highest BCUT2D eigenvalue weighted by Gasteiger charge is 2.34. The van der Waals surface area contributed by atoms with Crippen LogP contribution in [0, 0.1) is 13.8 Å². The fourth-order valence-electron chi connectivity index (χ4n) is 2.88. The molecule has 0 radical (unpaired) electrons. The van der Waals surface area contributed by atoms with E-state index in [1.54, 1.807) is 19.2 Å². The van der Waals surface area contributed by atoms with Crippen LogP contribution in [0.3, 0.4) is 0 Å². The van der Waals surface area contributed by atoms with Crippen molar-refractivity contribution in [3.05, 3.63) is 23.3 Å². The summed E-state index contributed by atoms with van der Waals surface area (Å²) in [7, 11) is -1.88. The molecule has 7 heteroatoms. The van der Waals surface area contributed by atoms with Crippen LogP contribution < -0.4 is 10.5 Å². The van der Waals surface area contributed by atoms with Gasteiger partial charge >= 0.3 is 0 Å². The zero-order valence-electron chi connectivity index (χ0n) is 12.6. The molecule has 2 rings (SSSR count). The Balaban J connectivity index is 0.00000220. The van der Waals surface area contributed by atoms with E-state index in [2.05, 4.69) is 0 Å². The van der Waals surface area contributed by atoms with E-state index in [0.717, 1.165) is 29.7 Å². The van der Waals surface area contributed by atoms with Crippen LogP contribution in [-0.4, -0.2) is 39.0 Å². The Morgan fingerprint density at radius 3 is 2.38 bits per heavy atom. The Hall–Kier alpha value is -0.820. The maximum atomic E-state index is 12.7. The zero-order chi connectivity index (χ0) is 14.9. The number of hydrogen-bond donors (Lipinski definition) is 1. The van der Waals surface area contributed by atoms with Crippen molar-refractivity contribution in [3.8, 4) is 5.75 Å². The number of nitrogens with zero attached hydrogens (tertiary/aromatic N) is 1. The van der Waals surface area contributed by atoms with Crippen molar-refractivity contribution in [1.29, 1.82) is 0 Å². The minimum Gasteiger partial charge on any atom is -0.496 e. The molecular weight excluding hydrogens is 312 g/mol. The molecule has 1 aliphatic heterocycles. The third kappa shape index (κ3) is 3.34. The first kappa shape index (κ1) is 18.2. The number of ether oxygens (including phenoxy) is 1. The highest BCUT2D eigenvalue weighted by Crippen LogP contribution is 2.30. The lowest BCUT2D eigenvalue weighted by atomic mass is 10.1. The van der Waals surface area contributed by atoms with E-state index in [1.165, 1.54) is 4.31 Å². The molecule has 0 amide bonds. The number of sulfonamides is 1. The first-order valence-electron chi connectivity index (χ1n) is 6.79. The monoisotopic (exact) mass is 334 g/mol. The predicted molar refractivity (Wildman–Crippen MR) is 85.7 cm³/mol. The minimum absolute atomic E-state index is 0. The summed E-state index contributed by atoms with van der Waals surface area (Å²) in [6, 6.07) is 3.27. The molecule has 0 saturated carbocycles. The van der Waals surface area contributed by atoms with Crippen molar-refractivity contribution in [3.63, 3.8) is 0 Å². The molecule has 1 atom stereocenters. The Kier molecular flexibility index (Phi) is 6.04. The Morgan fingerprint density at radius 2 is 1.90 bits per heavy atom. The van der Waals surface area contributed by atoms with Crippen LogP contribution in [0.4, 0.5) is 0 Å². The van der Waals surface area contributed by atoms with E-state index in [1.807, 2.05) is 13.8 Å². The molecule has 0 aromatic heterocycles. The van der Waals surface area contributed by atoms with Crippen molar-refractivity contribution in [2.24, 2.45) is 5.73 Å². The summed E-state index contributed by atoms with van der Waals surface area (Å²) in [6.45, 7) is 4.63. The normalized spacial score (nSPS) is 19.3. The number of nitrogens with two attached hydrogens (primary N) is 1. The molecule has 1 aromatic carbocycles. The van der Waals surface area contributed by atoms with Gasteiger partial charge in [0.2, 0.25) is 10.0 Å². The first-order chi connectivity index (χ1) is 9.41. The van der Waals surface area contributed by atoms with Gasteiger partial charge < -0.3 is 10.5 Å². The number of methoxy groups -OCH3 is 1. The fourth-order valence-corrected chi connectivity index (χ4v) is 4.75. The van der Waals surface area contributed by atoms with E-state index in [0.29, 0.717) is 18.0 Å². The van der Waals surface area contributed by atoms with E-state index in [-0.39, 0.29) is 18.4 Å². The van der Waals surface area contributed by atoms with Crippen LogP contribution in [0.25, 0.3) is 0 Å². The van der Waals surface area contributed by atoms with Gasteiger partial charge in [-0.2, -0.15) is 4.31 Å². The van der Waals surface area contributed by atoms with Crippen LogP contribution in [-0.2, 0) is 10.0 Å². The third-order valence-corrected chi connectivity index (χ3v) is 5.77. The molecule has 0 spiro atoms. The van der Waals surface area contributed by atoms with Crippen LogP contribution in [0.15, 0.2) is 17.0 Å². The molecule has 1 saturated heterocycles. The molecule has 120 valence electrons. The van der Waals surface area contributed by atoms with Gasteiger partial charge in [0.15, 0.2) is 0 Å². The van der Waals surface area contributed by atoms with Gasteiger partial charge in [0, 0.05) is 19.1 Å². The molecule has 1 unspecified atom stereocenters. The SMILES string of the molecule is COc1c(C)cc(S(=O)(=O)N2CCCC2CN)cc1C.Cl. The summed E-state index contributed by atoms with van der Waals surface area (Å²) in [4.78, 5) is 0.327. The standard InChI is InChI=1S/C14H22N2O3S.ClH/c1-10-7-13(8-11(2)14(10)19-3)20(17,18)16-6-4-5-12(16)9-15;/h7-8,12H,4-6,9,15H2,1-3H3;1H. The largest absolute Gasteiger partial charge is 0.496 e. The van der Waals surface area contributed by atoms with Crippen LogP contribution in [0.5, 0.6) is 5.75 Å². The summed E-state index contributed by atoms with van der Waals surface area (Å²) in [5.41, 5.74) is 7.33. The average molecular weight is 335 g/mol. The highest BCUT2D eigenvalue weighted by atomic mass is 35.5. The van der Waals surface area contributed by atoms with Gasteiger partial charge in [0.25, 0.3) is 0 Å². The van der Waals surface area contributed by atoms with Gasteiger partial charge in [-0.25, -0.2) is 8.42 Å². The molecular formula is C14H23ClN2O3S. The van der Waals surface area contributed by atoms with Crippen molar-refractivity contribution < 1.29 is 13.2 Å². The quantitative estimate of drug-likeness (QED) is 0.912. The molecule has 1 aromatic rings. The van der Waals surface area contributed by atoms with Gasteiger partial charge in [0.05, 0.1) is 12.0 Å². The molecule has 1 heterocycles. The number of aryl methyl sites for hydroxylation is 2. The Bertz CT molecular complexity index is 581. The topological polar surface area (TPSA) is 72.6 Å². The highest BCUT2D eigenvalue weighted by molar-refractivity contribution is 7.89. The second-order valence-electron chi connectivity index (χ2n) is 5.24. The van der Waals surface area contributed by atoms with E-state index >= 15 is 0 Å². The molecule has 0 aliphatic carbocycles. The van der Waals surface area contributed by atoms with Crippen LogP contribution >= 0.6 is 12.4 Å². The molecule has 1 aliphatic rings. The lowest BCUT2D eigenvalue weighted by Crippen LogP contribution is -2.39. The number of halogens is 1. The van der Waals surface area contributed by atoms with E-state index < -0.39 is 10.0 Å². The Morgan fingerprint density at radius 1 is 1.33 bits per heavy atom. The van der Waals surface area contributed by atoms with Gasteiger partial charge in [0.1, 0.15) is 5.75 Å². The van der Waals surface area contributed by atoms with E-state index in [4.69, 9.17) is 10.5 Å². The number of hydrogen-bond acceptors (Lipinski definition) is 4. The summed E-state index contributed by atoms with van der Waals surface area (Å²) >= 11 is 0. The van der Waals surface area contributed by atoms with Gasteiger partial charge in [-0.1, -0.05) is 0 Å². The number of benzene rings is 1. The van der Waals surface area contributed by atoms with Gasteiger partial charge in [-0.15, -0.1) is 12.4 Å². The molecule has 2 N–H and O–H groups in total. The second kappa shape index (κ2) is 6.96. The third-order valence-electron chi connectivity index (χ3n) is 3.84. The Labute approximate surface area is 132 Å². The van der Waals surface area contributed by atoms with Crippen molar-refractivity contribution >= 4 is 22.4 Å². The molecule has 1 fully saturated rings. The smallest absolute Gasteiger partial charge is 0.243 e. The fraction of sp³-hybridized carbons (Fsp3) is 0.571. The lowest BCUT2D eigenvalue weighted by Gasteiger charge is -2.23. The summed E-state index contributed by atoms with van der Waals surface area (Å²) < 4.78 is 32.3. The van der Waals surface area contributed by atoms with Crippen molar-refractivity contribution in [1.82, 2.24) is 4.31 Å². The second-order valence-corrected chi connectivity index (χ2v) is 7.13. The minimum atomic E-state index is -3.47. The van der Waals surface area contributed by atoms with Gasteiger partial charge in [-0.05, 0) is 49.9 Å². The van der Waals surface area contributed by atoms with Gasteiger partial charge in [-0.3, -0.25) is 0 Å². The molecule has 5 nitrogen and oxygen atoms in total. The lowest BCUT2D eigenvalue weighted by molar-refractivity contribution is 0.392. The zero-order valence-corrected chi connectivity index (χ0v) is 14.3. The van der Waals surface area contributed by atoms with Crippen molar-refractivity contribution in [2.75, 3.05) is 20.2 Å². The summed E-state index contributed by atoms with van der Waals surface area (Å²) in [5.74, 6) is 0.737.